The van der Waals surface area contributed by atoms with Gasteiger partial charge in [0, 0.05) is 6.20 Å². The molecule has 0 fully saturated rings. The molecule has 0 spiro atoms. The maximum Gasteiger partial charge on any atom is 0.201 e. The lowest BCUT2D eigenvalue weighted by atomic mass is 10.3. The summed E-state index contributed by atoms with van der Waals surface area (Å²) in [7, 11) is 0. The molecule has 0 atom stereocenters. The number of hydrogen-bond donors (Lipinski definition) is 1. The van der Waals surface area contributed by atoms with Crippen LogP contribution in [0.25, 0.3) is 11.0 Å². The van der Waals surface area contributed by atoms with Gasteiger partial charge >= 0.3 is 0 Å². The summed E-state index contributed by atoms with van der Waals surface area (Å²) in [6, 6.07) is 9.58. The maximum atomic E-state index is 6.05. The van der Waals surface area contributed by atoms with Crippen LogP contribution in [-0.2, 0) is 6.54 Å². The van der Waals surface area contributed by atoms with E-state index in [1.807, 2.05) is 48.7 Å². The number of nitrogen functional groups attached to an aromatic ring is 1. The van der Waals surface area contributed by atoms with Crippen molar-refractivity contribution in [3.05, 3.63) is 42.2 Å². The largest absolute Gasteiger partial charge is 0.489 e. The van der Waals surface area contributed by atoms with E-state index in [1.54, 1.807) is 6.20 Å². The van der Waals surface area contributed by atoms with E-state index in [4.69, 9.17) is 10.5 Å². The first-order chi connectivity index (χ1) is 10.1. The van der Waals surface area contributed by atoms with Crippen LogP contribution >= 0.6 is 0 Å². The van der Waals surface area contributed by atoms with Crippen molar-refractivity contribution >= 4 is 17.0 Å². The SMILES string of the molecule is CC(C)Oc1cccc2c1nc(N)n2Cc1cccnn1. The van der Waals surface area contributed by atoms with Gasteiger partial charge in [0.25, 0.3) is 0 Å². The van der Waals surface area contributed by atoms with E-state index >= 15 is 0 Å². The average molecular weight is 283 g/mol. The summed E-state index contributed by atoms with van der Waals surface area (Å²) in [5.74, 6) is 1.18. The molecule has 21 heavy (non-hydrogen) atoms. The third-order valence-electron chi connectivity index (χ3n) is 3.08. The molecule has 0 aliphatic carbocycles. The van der Waals surface area contributed by atoms with Gasteiger partial charge in [-0.2, -0.15) is 10.2 Å². The predicted molar refractivity (Wildman–Crippen MR) is 81.0 cm³/mol. The Kier molecular flexibility index (Phi) is 3.43. The van der Waals surface area contributed by atoms with E-state index in [0.717, 1.165) is 22.5 Å². The van der Waals surface area contributed by atoms with Gasteiger partial charge in [-0.05, 0) is 38.1 Å². The highest BCUT2D eigenvalue weighted by Crippen LogP contribution is 2.28. The molecule has 6 heteroatoms. The topological polar surface area (TPSA) is 78.9 Å². The number of fused-ring (bicyclic) bond motifs is 1. The second-order valence-corrected chi connectivity index (χ2v) is 5.06. The molecule has 2 aromatic heterocycles. The molecule has 0 aliphatic rings. The summed E-state index contributed by atoms with van der Waals surface area (Å²) in [6.45, 7) is 4.50. The van der Waals surface area contributed by atoms with Crippen LogP contribution in [0.5, 0.6) is 5.75 Å². The summed E-state index contributed by atoms with van der Waals surface area (Å²) in [5.41, 5.74) is 8.58. The van der Waals surface area contributed by atoms with E-state index < -0.39 is 0 Å². The van der Waals surface area contributed by atoms with E-state index in [9.17, 15) is 0 Å². The van der Waals surface area contributed by atoms with Gasteiger partial charge < -0.3 is 15.0 Å². The number of nitrogens with zero attached hydrogens (tertiary/aromatic N) is 4. The fourth-order valence-electron chi connectivity index (χ4n) is 2.23. The first-order valence-electron chi connectivity index (χ1n) is 6.83. The molecule has 3 aromatic rings. The first kappa shape index (κ1) is 13.4. The van der Waals surface area contributed by atoms with Gasteiger partial charge in [-0.25, -0.2) is 4.98 Å². The molecule has 0 amide bonds. The minimum atomic E-state index is 0.0852. The summed E-state index contributed by atoms with van der Waals surface area (Å²) in [6.07, 6.45) is 1.73. The van der Waals surface area contributed by atoms with Crippen molar-refractivity contribution in [3.8, 4) is 5.75 Å². The molecule has 0 radical (unpaired) electrons. The van der Waals surface area contributed by atoms with Gasteiger partial charge in [-0.3, -0.25) is 0 Å². The molecule has 1 aromatic carbocycles. The highest BCUT2D eigenvalue weighted by atomic mass is 16.5. The smallest absolute Gasteiger partial charge is 0.201 e. The molecule has 3 rings (SSSR count). The Labute approximate surface area is 122 Å². The minimum Gasteiger partial charge on any atom is -0.489 e. The van der Waals surface area contributed by atoms with Crippen molar-refractivity contribution in [2.24, 2.45) is 0 Å². The Bertz CT molecular complexity index is 751. The van der Waals surface area contributed by atoms with Crippen LogP contribution in [0.3, 0.4) is 0 Å². The lowest BCUT2D eigenvalue weighted by molar-refractivity contribution is 0.245. The number of rotatable bonds is 4. The second-order valence-electron chi connectivity index (χ2n) is 5.06. The molecule has 6 nitrogen and oxygen atoms in total. The highest BCUT2D eigenvalue weighted by molar-refractivity contribution is 5.84. The maximum absolute atomic E-state index is 6.05. The Morgan fingerprint density at radius 1 is 1.24 bits per heavy atom. The van der Waals surface area contributed by atoms with Crippen molar-refractivity contribution in [2.75, 3.05) is 5.73 Å². The molecule has 2 heterocycles. The molecular formula is C15H17N5O. The van der Waals surface area contributed by atoms with Crippen molar-refractivity contribution in [3.63, 3.8) is 0 Å². The predicted octanol–water partition coefficient (Wildman–Crippen LogP) is 2.24. The summed E-state index contributed by atoms with van der Waals surface area (Å²) < 4.78 is 7.70. The van der Waals surface area contributed by atoms with E-state index in [-0.39, 0.29) is 6.10 Å². The van der Waals surface area contributed by atoms with Crippen LogP contribution < -0.4 is 10.5 Å². The zero-order valence-corrected chi connectivity index (χ0v) is 12.0. The second kappa shape index (κ2) is 5.40. The number of anilines is 1. The Balaban J connectivity index is 2.05. The molecule has 0 unspecified atom stereocenters. The third-order valence-corrected chi connectivity index (χ3v) is 3.08. The lowest BCUT2D eigenvalue weighted by Crippen LogP contribution is -2.06. The van der Waals surface area contributed by atoms with Crippen LogP contribution in [0, 0.1) is 0 Å². The Hall–Kier alpha value is -2.63. The highest BCUT2D eigenvalue weighted by Gasteiger charge is 2.13. The normalized spacial score (nSPS) is 11.2. The van der Waals surface area contributed by atoms with Crippen molar-refractivity contribution < 1.29 is 4.74 Å². The summed E-state index contributed by atoms with van der Waals surface area (Å²) >= 11 is 0. The molecule has 0 aliphatic heterocycles. The van der Waals surface area contributed by atoms with Gasteiger partial charge in [0.05, 0.1) is 23.9 Å². The number of ether oxygens (including phenoxy) is 1. The summed E-state index contributed by atoms with van der Waals surface area (Å²) in [5, 5.41) is 7.97. The molecule has 0 saturated heterocycles. The van der Waals surface area contributed by atoms with Gasteiger partial charge in [0.2, 0.25) is 5.95 Å². The van der Waals surface area contributed by atoms with Crippen LogP contribution in [0.2, 0.25) is 0 Å². The monoisotopic (exact) mass is 283 g/mol. The zero-order chi connectivity index (χ0) is 14.8. The number of hydrogen-bond acceptors (Lipinski definition) is 5. The van der Waals surface area contributed by atoms with Crippen molar-refractivity contribution in [1.82, 2.24) is 19.7 Å². The number of imidazole rings is 1. The average Bonchev–Trinajstić information content (AvgIpc) is 2.77. The van der Waals surface area contributed by atoms with Crippen molar-refractivity contribution in [1.29, 1.82) is 0 Å². The Morgan fingerprint density at radius 2 is 2.10 bits per heavy atom. The molecule has 2 N–H and O–H groups in total. The molecule has 108 valence electrons. The number of benzene rings is 1. The zero-order valence-electron chi connectivity index (χ0n) is 12.0. The van der Waals surface area contributed by atoms with E-state index in [2.05, 4.69) is 15.2 Å². The van der Waals surface area contributed by atoms with Gasteiger partial charge in [0.15, 0.2) is 0 Å². The van der Waals surface area contributed by atoms with Crippen LogP contribution in [0.15, 0.2) is 36.5 Å². The third kappa shape index (κ3) is 2.65. The van der Waals surface area contributed by atoms with E-state index in [1.165, 1.54) is 0 Å². The Morgan fingerprint density at radius 3 is 2.81 bits per heavy atom. The van der Waals surface area contributed by atoms with Crippen LogP contribution in [-0.4, -0.2) is 25.9 Å². The van der Waals surface area contributed by atoms with E-state index in [0.29, 0.717) is 12.5 Å². The fourth-order valence-corrected chi connectivity index (χ4v) is 2.23. The molecule has 0 bridgehead atoms. The van der Waals surface area contributed by atoms with Gasteiger partial charge in [-0.15, -0.1) is 0 Å². The number of aromatic nitrogens is 4. The first-order valence-corrected chi connectivity index (χ1v) is 6.83. The number of nitrogens with two attached hydrogens (primary N) is 1. The fraction of sp³-hybridized carbons (Fsp3) is 0.267. The quantitative estimate of drug-likeness (QED) is 0.794. The van der Waals surface area contributed by atoms with Crippen molar-refractivity contribution in [2.45, 2.75) is 26.5 Å². The minimum absolute atomic E-state index is 0.0852. The lowest BCUT2D eigenvalue weighted by Gasteiger charge is -2.10. The number of para-hydroxylation sites is 1. The summed E-state index contributed by atoms with van der Waals surface area (Å²) in [4.78, 5) is 4.43. The van der Waals surface area contributed by atoms with Gasteiger partial charge in [-0.1, -0.05) is 6.07 Å². The van der Waals surface area contributed by atoms with Crippen LogP contribution in [0.4, 0.5) is 5.95 Å². The molecular weight excluding hydrogens is 266 g/mol. The standard InChI is InChI=1S/C15H17N5O/c1-10(2)21-13-7-3-6-12-14(13)18-15(16)20(12)9-11-5-4-8-17-19-11/h3-8,10H,9H2,1-2H3,(H2,16,18). The molecule has 0 saturated carbocycles. The van der Waals surface area contributed by atoms with Gasteiger partial charge in [0.1, 0.15) is 11.3 Å². The van der Waals surface area contributed by atoms with Crippen LogP contribution in [0.1, 0.15) is 19.5 Å².